The Hall–Kier alpha value is -2.89. The van der Waals surface area contributed by atoms with Crippen LogP contribution in [0.5, 0.6) is 0 Å². The van der Waals surface area contributed by atoms with E-state index in [2.05, 4.69) is 15.2 Å². The molecule has 0 radical (unpaired) electrons. The van der Waals surface area contributed by atoms with Crippen molar-refractivity contribution in [1.29, 1.82) is 0 Å². The summed E-state index contributed by atoms with van der Waals surface area (Å²) in [6.45, 7) is 4.06. The quantitative estimate of drug-likeness (QED) is 0.853. The monoisotopic (exact) mass is 366 g/mol. The van der Waals surface area contributed by atoms with Gasteiger partial charge in [0.05, 0.1) is 0 Å². The first-order valence-electron chi connectivity index (χ1n) is 9.41. The SMILES string of the molecule is CC(=O)N(CC(=O)Nc1ccc(N2CCCCC2)cc1)Cc1ccncc1. The molecular weight excluding hydrogens is 340 g/mol. The summed E-state index contributed by atoms with van der Waals surface area (Å²) in [6, 6.07) is 11.6. The molecule has 2 aromatic rings. The lowest BCUT2D eigenvalue weighted by molar-refractivity contribution is -0.133. The molecule has 0 spiro atoms. The fourth-order valence-corrected chi connectivity index (χ4v) is 3.27. The predicted molar refractivity (Wildman–Crippen MR) is 106 cm³/mol. The average molecular weight is 366 g/mol. The van der Waals surface area contributed by atoms with Gasteiger partial charge in [0, 0.05) is 50.3 Å². The van der Waals surface area contributed by atoms with Crippen LogP contribution in [-0.4, -0.2) is 41.3 Å². The number of hydrogen-bond donors (Lipinski definition) is 1. The molecule has 6 nitrogen and oxygen atoms in total. The Morgan fingerprint density at radius 1 is 1.04 bits per heavy atom. The minimum absolute atomic E-state index is 0.0194. The van der Waals surface area contributed by atoms with Gasteiger partial charge in [-0.3, -0.25) is 14.6 Å². The molecule has 3 rings (SSSR count). The molecule has 142 valence electrons. The van der Waals surface area contributed by atoms with E-state index in [4.69, 9.17) is 0 Å². The van der Waals surface area contributed by atoms with Gasteiger partial charge in [-0.2, -0.15) is 0 Å². The average Bonchev–Trinajstić information content (AvgIpc) is 2.69. The molecule has 1 fully saturated rings. The van der Waals surface area contributed by atoms with E-state index in [0.29, 0.717) is 6.54 Å². The molecule has 0 saturated carbocycles. The van der Waals surface area contributed by atoms with E-state index < -0.39 is 0 Å². The van der Waals surface area contributed by atoms with Crippen molar-refractivity contribution in [3.63, 3.8) is 0 Å². The molecule has 2 amide bonds. The molecule has 1 aromatic carbocycles. The number of nitrogens with zero attached hydrogens (tertiary/aromatic N) is 3. The minimum Gasteiger partial charge on any atom is -0.372 e. The van der Waals surface area contributed by atoms with Crippen molar-refractivity contribution in [3.8, 4) is 0 Å². The Bertz CT molecular complexity index is 756. The summed E-state index contributed by atoms with van der Waals surface area (Å²) in [5, 5.41) is 2.88. The largest absolute Gasteiger partial charge is 0.372 e. The van der Waals surface area contributed by atoms with Crippen LogP contribution in [0, 0.1) is 0 Å². The lowest BCUT2D eigenvalue weighted by Gasteiger charge is -2.28. The number of carbonyl (C=O) groups excluding carboxylic acids is 2. The third-order valence-electron chi connectivity index (χ3n) is 4.77. The number of hydrogen-bond acceptors (Lipinski definition) is 4. The zero-order chi connectivity index (χ0) is 19.1. The number of rotatable bonds is 6. The Morgan fingerprint density at radius 2 is 1.70 bits per heavy atom. The second-order valence-corrected chi connectivity index (χ2v) is 6.87. The number of piperidine rings is 1. The fraction of sp³-hybridized carbons (Fsp3) is 0.381. The van der Waals surface area contributed by atoms with Crippen LogP contribution in [0.25, 0.3) is 0 Å². The lowest BCUT2D eigenvalue weighted by Crippen LogP contribution is -2.36. The maximum Gasteiger partial charge on any atom is 0.244 e. The number of pyridine rings is 1. The van der Waals surface area contributed by atoms with Crippen molar-refractivity contribution < 1.29 is 9.59 Å². The van der Waals surface area contributed by atoms with E-state index >= 15 is 0 Å². The number of benzene rings is 1. The lowest BCUT2D eigenvalue weighted by atomic mass is 10.1. The van der Waals surface area contributed by atoms with Crippen molar-refractivity contribution in [3.05, 3.63) is 54.4 Å². The van der Waals surface area contributed by atoms with E-state index in [1.807, 2.05) is 36.4 Å². The molecule has 2 heterocycles. The van der Waals surface area contributed by atoms with Crippen LogP contribution in [-0.2, 0) is 16.1 Å². The van der Waals surface area contributed by atoms with Crippen molar-refractivity contribution in [2.24, 2.45) is 0 Å². The van der Waals surface area contributed by atoms with Crippen molar-refractivity contribution >= 4 is 23.2 Å². The van der Waals surface area contributed by atoms with Gasteiger partial charge in [0.15, 0.2) is 0 Å². The number of nitrogens with one attached hydrogen (secondary N) is 1. The highest BCUT2D eigenvalue weighted by molar-refractivity contribution is 5.94. The topological polar surface area (TPSA) is 65.5 Å². The molecule has 0 unspecified atom stereocenters. The molecule has 6 heteroatoms. The smallest absolute Gasteiger partial charge is 0.244 e. The zero-order valence-electron chi connectivity index (χ0n) is 15.7. The maximum atomic E-state index is 12.4. The molecule has 1 aromatic heterocycles. The van der Waals surface area contributed by atoms with E-state index in [9.17, 15) is 9.59 Å². The highest BCUT2D eigenvalue weighted by Crippen LogP contribution is 2.21. The number of aromatic nitrogens is 1. The molecular formula is C21H26N4O2. The molecule has 0 bridgehead atoms. The molecule has 1 aliphatic rings. The van der Waals surface area contributed by atoms with E-state index in [-0.39, 0.29) is 18.4 Å². The molecule has 1 aliphatic heterocycles. The number of anilines is 2. The third kappa shape index (κ3) is 5.54. The summed E-state index contributed by atoms with van der Waals surface area (Å²) in [6.07, 6.45) is 7.12. The highest BCUT2D eigenvalue weighted by Gasteiger charge is 2.15. The summed E-state index contributed by atoms with van der Waals surface area (Å²) < 4.78 is 0. The van der Waals surface area contributed by atoms with Gasteiger partial charge in [0.25, 0.3) is 0 Å². The van der Waals surface area contributed by atoms with Crippen LogP contribution in [0.15, 0.2) is 48.8 Å². The van der Waals surface area contributed by atoms with Gasteiger partial charge >= 0.3 is 0 Å². The number of carbonyl (C=O) groups is 2. The van der Waals surface area contributed by atoms with Gasteiger partial charge in [-0.15, -0.1) is 0 Å². The number of amides is 2. The van der Waals surface area contributed by atoms with Crippen molar-refractivity contribution in [2.75, 3.05) is 29.9 Å². The van der Waals surface area contributed by atoms with Gasteiger partial charge in [-0.1, -0.05) is 0 Å². The van der Waals surface area contributed by atoms with Gasteiger partial charge in [0.1, 0.15) is 6.54 Å². The van der Waals surface area contributed by atoms with Gasteiger partial charge < -0.3 is 15.1 Å². The molecule has 1 saturated heterocycles. The Labute approximate surface area is 160 Å². The second kappa shape index (κ2) is 9.16. The van der Waals surface area contributed by atoms with E-state index in [0.717, 1.165) is 24.3 Å². The molecule has 1 N–H and O–H groups in total. The van der Waals surface area contributed by atoms with Crippen LogP contribution in [0.2, 0.25) is 0 Å². The van der Waals surface area contributed by atoms with Crippen LogP contribution in [0.1, 0.15) is 31.7 Å². The van der Waals surface area contributed by atoms with E-state index in [1.165, 1.54) is 36.8 Å². The fourth-order valence-electron chi connectivity index (χ4n) is 3.27. The predicted octanol–water partition coefficient (Wildman–Crippen LogP) is 3.06. The van der Waals surface area contributed by atoms with Crippen LogP contribution >= 0.6 is 0 Å². The Kier molecular flexibility index (Phi) is 6.41. The molecule has 0 atom stereocenters. The van der Waals surface area contributed by atoms with Crippen molar-refractivity contribution in [2.45, 2.75) is 32.7 Å². The van der Waals surface area contributed by atoms with Gasteiger partial charge in [-0.05, 0) is 61.2 Å². The van der Waals surface area contributed by atoms with Crippen LogP contribution in [0.4, 0.5) is 11.4 Å². The zero-order valence-corrected chi connectivity index (χ0v) is 15.7. The van der Waals surface area contributed by atoms with Crippen LogP contribution in [0.3, 0.4) is 0 Å². The molecule has 27 heavy (non-hydrogen) atoms. The second-order valence-electron chi connectivity index (χ2n) is 6.87. The van der Waals surface area contributed by atoms with Crippen LogP contribution < -0.4 is 10.2 Å². The third-order valence-corrected chi connectivity index (χ3v) is 4.77. The van der Waals surface area contributed by atoms with Gasteiger partial charge in [0.2, 0.25) is 11.8 Å². The van der Waals surface area contributed by atoms with Crippen molar-refractivity contribution in [1.82, 2.24) is 9.88 Å². The maximum absolute atomic E-state index is 12.4. The summed E-state index contributed by atoms with van der Waals surface area (Å²) in [5.74, 6) is -0.340. The summed E-state index contributed by atoms with van der Waals surface area (Å²) in [7, 11) is 0. The molecule has 0 aliphatic carbocycles. The summed E-state index contributed by atoms with van der Waals surface area (Å²) in [5.41, 5.74) is 2.88. The highest BCUT2D eigenvalue weighted by atomic mass is 16.2. The first-order valence-corrected chi connectivity index (χ1v) is 9.41. The Morgan fingerprint density at radius 3 is 2.33 bits per heavy atom. The first kappa shape index (κ1) is 18.9. The standard InChI is InChI=1S/C21H26N4O2/c1-17(26)25(15-18-9-11-22-12-10-18)16-21(27)23-19-5-7-20(8-6-19)24-13-3-2-4-14-24/h5-12H,2-4,13-16H2,1H3,(H,23,27). The summed E-state index contributed by atoms with van der Waals surface area (Å²) in [4.78, 5) is 32.1. The first-order chi connectivity index (χ1) is 13.1. The minimum atomic E-state index is -0.204. The normalized spacial score (nSPS) is 13.9. The Balaban J connectivity index is 1.56. The van der Waals surface area contributed by atoms with E-state index in [1.54, 1.807) is 12.4 Å². The summed E-state index contributed by atoms with van der Waals surface area (Å²) >= 11 is 0. The van der Waals surface area contributed by atoms with Gasteiger partial charge in [-0.25, -0.2) is 0 Å².